The molecule has 0 atom stereocenters. The van der Waals surface area contributed by atoms with Crippen LogP contribution in [0.3, 0.4) is 0 Å². The fraction of sp³-hybridized carbons (Fsp3) is 0.391. The molecule has 0 radical (unpaired) electrons. The number of aromatic amines is 1. The van der Waals surface area contributed by atoms with Crippen molar-refractivity contribution in [1.82, 2.24) is 15.0 Å². The minimum atomic E-state index is -0.134. The Kier molecular flexibility index (Phi) is 6.63. The molecule has 9 heteroatoms. The number of nitrogens with two attached hydrogens (primary N) is 1. The molecule has 1 aliphatic rings. The number of benzene rings is 1. The normalized spacial score (nSPS) is 18.3. The van der Waals surface area contributed by atoms with E-state index in [1.165, 1.54) is 11.8 Å². The number of H-pyrrole nitrogens is 1. The molecule has 1 aliphatic carbocycles. The van der Waals surface area contributed by atoms with Crippen LogP contribution in [0, 0.1) is 20.4 Å². The highest BCUT2D eigenvalue weighted by Gasteiger charge is 2.20. The third-order valence-corrected chi connectivity index (χ3v) is 6.52. The van der Waals surface area contributed by atoms with Gasteiger partial charge in [0.1, 0.15) is 17.5 Å². The van der Waals surface area contributed by atoms with Gasteiger partial charge >= 0.3 is 0 Å². The van der Waals surface area contributed by atoms with Crippen LogP contribution in [0.5, 0.6) is 5.75 Å². The van der Waals surface area contributed by atoms with Crippen LogP contribution < -0.4 is 15.8 Å². The minimum absolute atomic E-state index is 0.134. The van der Waals surface area contributed by atoms with Crippen molar-refractivity contribution in [3.05, 3.63) is 46.9 Å². The average molecular weight is 451 g/mol. The number of hydrogen-bond donors (Lipinski definition) is 3. The van der Waals surface area contributed by atoms with Crippen LogP contribution in [0.25, 0.3) is 15.9 Å². The first kappa shape index (κ1) is 22.1. The molecule has 2 aromatic heterocycles. The van der Waals surface area contributed by atoms with Gasteiger partial charge in [0.05, 0.1) is 17.4 Å². The molecule has 1 saturated carbocycles. The quantitative estimate of drug-likeness (QED) is 0.377. The van der Waals surface area contributed by atoms with E-state index in [1.54, 1.807) is 6.20 Å². The van der Waals surface area contributed by atoms with Crippen LogP contribution >= 0.6 is 11.8 Å². The number of pyridine rings is 1. The Hall–Kier alpha value is -3.09. The van der Waals surface area contributed by atoms with Gasteiger partial charge in [0, 0.05) is 23.4 Å². The number of aromatic nitrogens is 3. The Morgan fingerprint density at radius 1 is 1.34 bits per heavy atom. The molecule has 0 unspecified atom stereocenters. The predicted octanol–water partition coefficient (Wildman–Crippen LogP) is 4.51. The van der Waals surface area contributed by atoms with E-state index >= 15 is 0 Å². The molecule has 1 aromatic carbocycles. The zero-order valence-electron chi connectivity index (χ0n) is 18.1. The van der Waals surface area contributed by atoms with Crippen LogP contribution in [-0.2, 0) is 4.79 Å². The van der Waals surface area contributed by atoms with Crippen molar-refractivity contribution in [3.8, 4) is 5.75 Å². The molecule has 4 rings (SSSR count). The van der Waals surface area contributed by atoms with Gasteiger partial charge < -0.3 is 25.6 Å². The first-order chi connectivity index (χ1) is 15.4. The lowest BCUT2D eigenvalue weighted by Gasteiger charge is -2.27. The summed E-state index contributed by atoms with van der Waals surface area (Å²) in [5, 5.41) is 3.55. The van der Waals surface area contributed by atoms with E-state index in [9.17, 15) is 4.79 Å². The highest BCUT2D eigenvalue weighted by Crippen LogP contribution is 2.29. The molecule has 0 saturated heterocycles. The number of hydrogen-bond acceptors (Lipinski definition) is 6. The van der Waals surface area contributed by atoms with Crippen molar-refractivity contribution in [2.75, 3.05) is 11.1 Å². The van der Waals surface area contributed by atoms with Gasteiger partial charge in [-0.3, -0.25) is 4.79 Å². The van der Waals surface area contributed by atoms with E-state index < -0.39 is 0 Å². The highest BCUT2D eigenvalue weighted by atomic mass is 32.2. The number of fused-ring (bicyclic) bond motifs is 1. The summed E-state index contributed by atoms with van der Waals surface area (Å²) in [7, 11) is 0. The lowest BCUT2D eigenvalue weighted by Crippen LogP contribution is -2.31. The van der Waals surface area contributed by atoms with Crippen molar-refractivity contribution in [3.63, 3.8) is 0 Å². The number of imidazole rings is 1. The number of ether oxygens (including phenoxy) is 1. The molecule has 32 heavy (non-hydrogen) atoms. The van der Waals surface area contributed by atoms with E-state index in [4.69, 9.17) is 17.0 Å². The summed E-state index contributed by atoms with van der Waals surface area (Å²) in [4.78, 5) is 27.7. The maximum Gasteiger partial charge on any atom is 0.274 e. The average Bonchev–Trinajstić information content (AvgIpc) is 3.21. The molecular weight excluding hydrogens is 424 g/mol. The van der Waals surface area contributed by atoms with Crippen LogP contribution in [0.1, 0.15) is 36.8 Å². The summed E-state index contributed by atoms with van der Waals surface area (Å²) in [5.74, 6) is 1.20. The van der Waals surface area contributed by atoms with E-state index in [1.807, 2.05) is 32.0 Å². The summed E-state index contributed by atoms with van der Waals surface area (Å²) in [6.07, 6.45) is 5.64. The van der Waals surface area contributed by atoms with Crippen molar-refractivity contribution >= 4 is 40.2 Å². The van der Waals surface area contributed by atoms with Crippen molar-refractivity contribution in [1.29, 1.82) is 0 Å². The number of amides is 1. The van der Waals surface area contributed by atoms with Crippen LogP contribution in [0.4, 0.5) is 11.5 Å². The van der Waals surface area contributed by atoms with E-state index in [0.29, 0.717) is 22.2 Å². The third-order valence-electron chi connectivity index (χ3n) is 5.65. The van der Waals surface area contributed by atoms with Gasteiger partial charge in [0.2, 0.25) is 5.91 Å². The summed E-state index contributed by atoms with van der Waals surface area (Å²) < 4.78 is 6.20. The first-order valence-corrected chi connectivity index (χ1v) is 11.6. The lowest BCUT2D eigenvalue weighted by atomic mass is 9.93. The van der Waals surface area contributed by atoms with Gasteiger partial charge in [0.15, 0.2) is 5.16 Å². The largest absolute Gasteiger partial charge is 0.490 e. The molecular formula is C23H26N6O2S. The van der Waals surface area contributed by atoms with Gasteiger partial charge in [-0.05, 0) is 51.2 Å². The second-order valence-corrected chi connectivity index (χ2v) is 9.06. The molecule has 1 amide bonds. The Balaban J connectivity index is 1.36. The second kappa shape index (κ2) is 9.59. The Bertz CT molecular complexity index is 1180. The van der Waals surface area contributed by atoms with Gasteiger partial charge in [-0.1, -0.05) is 24.4 Å². The summed E-state index contributed by atoms with van der Waals surface area (Å²) in [6.45, 7) is 11.0. The monoisotopic (exact) mass is 450 g/mol. The minimum Gasteiger partial charge on any atom is -0.490 e. The standard InChI is InChI=1S/C23H26N6O2S/c1-13-4-7-16(10-19(13)31-17-8-5-15(24)6-9-17)27-20(30)12-32-23-28-18-11-26-22(25-3)14(2)21(18)29-23/h4,7,10-11,15,17H,5-6,8-9,12,24H2,1-2H3,(H,27,30)(H,28,29). The second-order valence-electron chi connectivity index (χ2n) is 8.09. The number of anilines is 1. The Labute approximate surface area is 191 Å². The maximum atomic E-state index is 12.5. The summed E-state index contributed by atoms with van der Waals surface area (Å²) >= 11 is 1.30. The number of rotatable bonds is 6. The van der Waals surface area contributed by atoms with E-state index in [0.717, 1.165) is 48.1 Å². The van der Waals surface area contributed by atoms with Crippen molar-refractivity contribution < 1.29 is 9.53 Å². The molecule has 3 aromatic rings. The maximum absolute atomic E-state index is 12.5. The molecule has 1 fully saturated rings. The Morgan fingerprint density at radius 3 is 2.88 bits per heavy atom. The molecule has 8 nitrogen and oxygen atoms in total. The topological polar surface area (TPSA) is 110 Å². The van der Waals surface area contributed by atoms with Crippen LogP contribution in [-0.4, -0.2) is 38.8 Å². The lowest BCUT2D eigenvalue weighted by molar-refractivity contribution is -0.113. The van der Waals surface area contributed by atoms with E-state index in [2.05, 4.69) is 25.1 Å². The molecule has 0 aliphatic heterocycles. The number of carbonyl (C=O) groups is 1. The number of aryl methyl sites for hydroxylation is 2. The number of nitrogens with one attached hydrogen (secondary N) is 2. The number of carbonyl (C=O) groups excluding carboxylic acids is 1. The Morgan fingerprint density at radius 2 is 2.12 bits per heavy atom. The van der Waals surface area contributed by atoms with Crippen molar-refractivity contribution in [2.24, 2.45) is 5.73 Å². The fourth-order valence-corrected chi connectivity index (χ4v) is 4.45. The zero-order chi connectivity index (χ0) is 22.7. The first-order valence-electron chi connectivity index (χ1n) is 10.6. The van der Waals surface area contributed by atoms with Gasteiger partial charge in [-0.25, -0.2) is 4.98 Å². The molecule has 2 heterocycles. The summed E-state index contributed by atoms with van der Waals surface area (Å²) in [6, 6.07) is 6.00. The SMILES string of the molecule is [C-]#[N+]c1ncc2[nH]c(SCC(=O)Nc3ccc(C)c(OC4CCC(N)CC4)c3)nc2c1C. The highest BCUT2D eigenvalue weighted by molar-refractivity contribution is 7.99. The molecule has 166 valence electrons. The molecule has 0 bridgehead atoms. The molecule has 4 N–H and O–H groups in total. The number of nitrogens with zero attached hydrogens (tertiary/aromatic N) is 3. The molecule has 0 spiro atoms. The predicted molar refractivity (Wildman–Crippen MR) is 126 cm³/mol. The van der Waals surface area contributed by atoms with Crippen LogP contribution in [0.2, 0.25) is 0 Å². The van der Waals surface area contributed by atoms with Crippen LogP contribution in [0.15, 0.2) is 29.6 Å². The van der Waals surface area contributed by atoms with Gasteiger partial charge in [-0.2, -0.15) is 0 Å². The van der Waals surface area contributed by atoms with Gasteiger partial charge in [0.25, 0.3) is 5.82 Å². The smallest absolute Gasteiger partial charge is 0.274 e. The fourth-order valence-electron chi connectivity index (χ4n) is 3.77. The zero-order valence-corrected chi connectivity index (χ0v) is 19.0. The summed E-state index contributed by atoms with van der Waals surface area (Å²) in [5.41, 5.74) is 9.92. The van der Waals surface area contributed by atoms with Crippen molar-refractivity contribution in [2.45, 2.75) is 56.8 Å². The third kappa shape index (κ3) is 5.03. The van der Waals surface area contributed by atoms with E-state index in [-0.39, 0.29) is 23.8 Å². The van der Waals surface area contributed by atoms with Gasteiger partial charge in [-0.15, -0.1) is 4.98 Å². The number of thioether (sulfide) groups is 1.